The molecule has 5 heteroatoms. The highest BCUT2D eigenvalue weighted by atomic mass is 35.5. The number of likely N-dealkylation sites (N-methyl/N-ethyl adjacent to an activating group) is 1. The summed E-state index contributed by atoms with van der Waals surface area (Å²) < 4.78 is 0. The van der Waals surface area contributed by atoms with Crippen LogP contribution in [-0.2, 0) is 11.3 Å². The number of carbonyl (C=O) groups excluding carboxylic acids is 1. The maximum absolute atomic E-state index is 12.3. The zero-order valence-corrected chi connectivity index (χ0v) is 13.9. The Hall–Kier alpha value is -1.10. The molecule has 1 aliphatic heterocycles. The molecular weight excluding hydrogens is 286 g/mol. The number of piperazine rings is 1. The molecule has 1 heterocycles. The van der Waals surface area contributed by atoms with Gasteiger partial charge in [0.05, 0.1) is 6.54 Å². The SMILES string of the molecule is Cc1ccccc1CN(C)C(=O)CN1CCNCC1C.Cl. The molecule has 1 aromatic carbocycles. The molecule has 1 aromatic rings. The van der Waals surface area contributed by atoms with Crippen molar-refractivity contribution >= 4 is 18.3 Å². The molecule has 21 heavy (non-hydrogen) atoms. The number of aryl methyl sites for hydroxylation is 1. The van der Waals surface area contributed by atoms with Crippen molar-refractivity contribution in [3.63, 3.8) is 0 Å². The number of halogens is 1. The molecule has 1 aliphatic rings. The van der Waals surface area contributed by atoms with Crippen LogP contribution in [0.1, 0.15) is 18.1 Å². The van der Waals surface area contributed by atoms with E-state index in [0.29, 0.717) is 19.1 Å². The third-order valence-electron chi connectivity index (χ3n) is 4.07. The van der Waals surface area contributed by atoms with Crippen molar-refractivity contribution in [1.29, 1.82) is 0 Å². The van der Waals surface area contributed by atoms with Crippen LogP contribution in [0, 0.1) is 6.92 Å². The van der Waals surface area contributed by atoms with E-state index in [0.717, 1.165) is 19.6 Å². The summed E-state index contributed by atoms with van der Waals surface area (Å²) in [6.07, 6.45) is 0. The van der Waals surface area contributed by atoms with Gasteiger partial charge in [0.2, 0.25) is 5.91 Å². The van der Waals surface area contributed by atoms with Gasteiger partial charge in [-0.3, -0.25) is 9.69 Å². The Labute approximate surface area is 133 Å². The van der Waals surface area contributed by atoms with E-state index in [9.17, 15) is 4.79 Å². The number of hydrogen-bond donors (Lipinski definition) is 1. The molecule has 0 aliphatic carbocycles. The van der Waals surface area contributed by atoms with E-state index < -0.39 is 0 Å². The average molecular weight is 312 g/mol. The lowest BCUT2D eigenvalue weighted by Gasteiger charge is -2.34. The quantitative estimate of drug-likeness (QED) is 0.919. The maximum Gasteiger partial charge on any atom is 0.236 e. The summed E-state index contributed by atoms with van der Waals surface area (Å²) in [7, 11) is 1.89. The van der Waals surface area contributed by atoms with Gasteiger partial charge in [-0.2, -0.15) is 0 Å². The molecule has 0 aromatic heterocycles. The minimum Gasteiger partial charge on any atom is -0.340 e. The summed E-state index contributed by atoms with van der Waals surface area (Å²) in [5.41, 5.74) is 2.46. The molecule has 0 saturated carbocycles. The highest BCUT2D eigenvalue weighted by molar-refractivity contribution is 5.85. The van der Waals surface area contributed by atoms with Crippen molar-refractivity contribution in [1.82, 2.24) is 15.1 Å². The second-order valence-corrected chi connectivity index (χ2v) is 5.70. The number of nitrogens with one attached hydrogen (secondary N) is 1. The monoisotopic (exact) mass is 311 g/mol. The van der Waals surface area contributed by atoms with Crippen molar-refractivity contribution in [2.45, 2.75) is 26.4 Å². The van der Waals surface area contributed by atoms with E-state index in [1.54, 1.807) is 0 Å². The fraction of sp³-hybridized carbons (Fsp3) is 0.562. The van der Waals surface area contributed by atoms with E-state index in [4.69, 9.17) is 0 Å². The van der Waals surface area contributed by atoms with Crippen LogP contribution in [-0.4, -0.2) is 55.0 Å². The third kappa shape index (κ3) is 4.99. The number of carbonyl (C=O) groups is 1. The number of rotatable bonds is 4. The zero-order valence-electron chi connectivity index (χ0n) is 13.1. The zero-order chi connectivity index (χ0) is 14.5. The summed E-state index contributed by atoms with van der Waals surface area (Å²) in [6.45, 7) is 8.35. The Morgan fingerprint density at radius 2 is 2.14 bits per heavy atom. The standard InChI is InChI=1S/C16H25N3O.ClH/c1-13-6-4-5-7-15(13)11-18(3)16(20)12-19-9-8-17-10-14(19)2;/h4-7,14,17H,8-12H2,1-3H3;1H. The molecule has 1 N–H and O–H groups in total. The molecule has 2 rings (SSSR count). The summed E-state index contributed by atoms with van der Waals surface area (Å²) >= 11 is 0. The van der Waals surface area contributed by atoms with Crippen LogP contribution in [0.4, 0.5) is 0 Å². The summed E-state index contributed by atoms with van der Waals surface area (Å²) in [4.78, 5) is 16.4. The van der Waals surface area contributed by atoms with Crippen molar-refractivity contribution < 1.29 is 4.79 Å². The number of amides is 1. The maximum atomic E-state index is 12.3. The lowest BCUT2D eigenvalue weighted by atomic mass is 10.1. The van der Waals surface area contributed by atoms with Crippen molar-refractivity contribution in [2.75, 3.05) is 33.2 Å². The second-order valence-electron chi connectivity index (χ2n) is 5.70. The van der Waals surface area contributed by atoms with Crippen LogP contribution in [0.5, 0.6) is 0 Å². The topological polar surface area (TPSA) is 35.6 Å². The Balaban J connectivity index is 0.00000220. The van der Waals surface area contributed by atoms with Crippen molar-refractivity contribution in [2.24, 2.45) is 0 Å². The van der Waals surface area contributed by atoms with Crippen molar-refractivity contribution in [3.8, 4) is 0 Å². The predicted octanol–water partition coefficient (Wildman–Crippen LogP) is 1.67. The minimum absolute atomic E-state index is 0. The van der Waals surface area contributed by atoms with Gasteiger partial charge in [-0.05, 0) is 25.0 Å². The molecule has 1 amide bonds. The minimum atomic E-state index is 0. The fourth-order valence-corrected chi connectivity index (χ4v) is 2.54. The molecule has 1 saturated heterocycles. The van der Waals surface area contributed by atoms with Gasteiger partial charge in [0.15, 0.2) is 0 Å². The van der Waals surface area contributed by atoms with E-state index in [1.807, 2.05) is 24.1 Å². The molecule has 0 spiro atoms. The molecule has 1 fully saturated rings. The second kappa shape index (κ2) is 8.37. The van der Waals surface area contributed by atoms with Crippen LogP contribution in [0.3, 0.4) is 0 Å². The van der Waals surface area contributed by atoms with Crippen LogP contribution in [0.15, 0.2) is 24.3 Å². The Bertz CT molecular complexity index is 467. The summed E-state index contributed by atoms with van der Waals surface area (Å²) in [5, 5.41) is 3.35. The van der Waals surface area contributed by atoms with Gasteiger partial charge in [0.1, 0.15) is 0 Å². The fourth-order valence-electron chi connectivity index (χ4n) is 2.54. The normalized spacial score (nSPS) is 18.9. The summed E-state index contributed by atoms with van der Waals surface area (Å²) in [5.74, 6) is 0.196. The lowest BCUT2D eigenvalue weighted by Crippen LogP contribution is -2.52. The number of benzene rings is 1. The number of nitrogens with zero attached hydrogens (tertiary/aromatic N) is 2. The first kappa shape index (κ1) is 18.0. The first-order valence-electron chi connectivity index (χ1n) is 7.31. The van der Waals surface area contributed by atoms with E-state index in [-0.39, 0.29) is 18.3 Å². The van der Waals surface area contributed by atoms with Gasteiger partial charge < -0.3 is 10.2 Å². The van der Waals surface area contributed by atoms with Gasteiger partial charge in [-0.1, -0.05) is 24.3 Å². The van der Waals surface area contributed by atoms with Gasteiger partial charge in [0.25, 0.3) is 0 Å². The molecular formula is C16H26ClN3O. The Kier molecular flexibility index (Phi) is 7.15. The first-order valence-corrected chi connectivity index (χ1v) is 7.31. The number of hydrogen-bond acceptors (Lipinski definition) is 3. The molecule has 0 bridgehead atoms. The molecule has 1 atom stereocenters. The highest BCUT2D eigenvalue weighted by Crippen LogP contribution is 2.10. The summed E-state index contributed by atoms with van der Waals surface area (Å²) in [6, 6.07) is 8.67. The van der Waals surface area contributed by atoms with E-state index in [2.05, 4.69) is 36.2 Å². The average Bonchev–Trinajstić information content (AvgIpc) is 2.43. The van der Waals surface area contributed by atoms with E-state index in [1.165, 1.54) is 11.1 Å². The Morgan fingerprint density at radius 1 is 1.43 bits per heavy atom. The van der Waals surface area contributed by atoms with Crippen molar-refractivity contribution in [3.05, 3.63) is 35.4 Å². The highest BCUT2D eigenvalue weighted by Gasteiger charge is 2.21. The van der Waals surface area contributed by atoms with Gasteiger partial charge in [-0.15, -0.1) is 12.4 Å². The van der Waals surface area contributed by atoms with Gasteiger partial charge >= 0.3 is 0 Å². The predicted molar refractivity (Wildman–Crippen MR) is 88.8 cm³/mol. The molecule has 1 unspecified atom stereocenters. The van der Waals surface area contributed by atoms with Gasteiger partial charge in [-0.25, -0.2) is 0 Å². The van der Waals surface area contributed by atoms with Crippen LogP contribution < -0.4 is 5.32 Å². The Morgan fingerprint density at radius 3 is 2.81 bits per heavy atom. The molecule has 118 valence electrons. The van der Waals surface area contributed by atoms with E-state index >= 15 is 0 Å². The molecule has 0 radical (unpaired) electrons. The lowest BCUT2D eigenvalue weighted by molar-refractivity contribution is -0.132. The molecule has 4 nitrogen and oxygen atoms in total. The largest absolute Gasteiger partial charge is 0.340 e. The van der Waals surface area contributed by atoms with Crippen LogP contribution >= 0.6 is 12.4 Å². The first-order chi connectivity index (χ1) is 9.58. The smallest absolute Gasteiger partial charge is 0.236 e. The van der Waals surface area contributed by atoms with Crippen LogP contribution in [0.25, 0.3) is 0 Å². The van der Waals surface area contributed by atoms with Gasteiger partial charge in [0, 0.05) is 39.3 Å². The third-order valence-corrected chi connectivity index (χ3v) is 4.07. The van der Waals surface area contributed by atoms with Crippen LogP contribution in [0.2, 0.25) is 0 Å².